The largest absolute Gasteiger partial charge is 0.368 e. The summed E-state index contributed by atoms with van der Waals surface area (Å²) < 4.78 is 30.8. The Morgan fingerprint density at radius 2 is 2.08 bits per heavy atom. The molecule has 0 radical (unpaired) electrons. The second kappa shape index (κ2) is 2.68. The maximum Gasteiger partial charge on any atom is 0.150 e. The molecule has 1 atom stereocenters. The van der Waals surface area contributed by atoms with Gasteiger partial charge in [0.25, 0.3) is 0 Å². The summed E-state index contributed by atoms with van der Waals surface area (Å²) in [4.78, 5) is 0. The number of halogens is 3. The highest BCUT2D eigenvalue weighted by Crippen LogP contribution is 2.35. The Labute approximate surface area is 72.9 Å². The lowest BCUT2D eigenvalue weighted by molar-refractivity contribution is 0.398. The average molecular weight is 191 g/mol. The van der Waals surface area contributed by atoms with Crippen molar-refractivity contribution >= 4 is 11.6 Å². The SMILES string of the molecule is Fc1ccc(Cl)c(F)c1C1CO1. The molecule has 0 aliphatic carbocycles. The predicted molar refractivity (Wildman–Crippen MR) is 40.1 cm³/mol. The second-order valence-corrected chi connectivity index (χ2v) is 2.99. The Kier molecular flexibility index (Phi) is 1.77. The maximum absolute atomic E-state index is 13.1. The molecule has 0 bridgehead atoms. The van der Waals surface area contributed by atoms with Gasteiger partial charge < -0.3 is 4.74 Å². The monoisotopic (exact) mass is 190 g/mol. The molecule has 0 saturated carbocycles. The number of epoxide rings is 1. The first kappa shape index (κ1) is 7.95. The highest BCUT2D eigenvalue weighted by molar-refractivity contribution is 6.30. The van der Waals surface area contributed by atoms with Crippen molar-refractivity contribution in [2.24, 2.45) is 0 Å². The molecule has 12 heavy (non-hydrogen) atoms. The van der Waals surface area contributed by atoms with E-state index in [0.29, 0.717) is 6.61 Å². The average Bonchev–Trinajstić information content (AvgIpc) is 2.81. The van der Waals surface area contributed by atoms with Crippen molar-refractivity contribution in [2.75, 3.05) is 6.61 Å². The lowest BCUT2D eigenvalue weighted by atomic mass is 10.1. The zero-order valence-corrected chi connectivity index (χ0v) is 6.74. The molecular formula is C8H5ClF2O. The van der Waals surface area contributed by atoms with Crippen LogP contribution >= 0.6 is 11.6 Å². The van der Waals surface area contributed by atoms with Crippen molar-refractivity contribution in [1.82, 2.24) is 0 Å². The first-order chi connectivity index (χ1) is 5.70. The van der Waals surface area contributed by atoms with E-state index in [1.165, 1.54) is 6.07 Å². The van der Waals surface area contributed by atoms with Crippen LogP contribution in [0.2, 0.25) is 5.02 Å². The Morgan fingerprint density at radius 1 is 1.42 bits per heavy atom. The van der Waals surface area contributed by atoms with Gasteiger partial charge in [0, 0.05) is 0 Å². The van der Waals surface area contributed by atoms with Crippen LogP contribution in [0.3, 0.4) is 0 Å². The smallest absolute Gasteiger partial charge is 0.150 e. The number of hydrogen-bond donors (Lipinski definition) is 0. The van der Waals surface area contributed by atoms with Crippen molar-refractivity contribution in [3.8, 4) is 0 Å². The third-order valence-electron chi connectivity index (χ3n) is 1.73. The van der Waals surface area contributed by atoms with Crippen molar-refractivity contribution in [1.29, 1.82) is 0 Å². The number of rotatable bonds is 1. The lowest BCUT2D eigenvalue weighted by Gasteiger charge is -2.01. The van der Waals surface area contributed by atoms with E-state index < -0.39 is 17.7 Å². The topological polar surface area (TPSA) is 12.5 Å². The Balaban J connectivity index is 2.55. The molecule has 64 valence electrons. The molecule has 1 aliphatic rings. The van der Waals surface area contributed by atoms with Crippen LogP contribution in [0.4, 0.5) is 8.78 Å². The van der Waals surface area contributed by atoms with Gasteiger partial charge in [0.15, 0.2) is 5.82 Å². The third-order valence-corrected chi connectivity index (χ3v) is 2.03. The molecule has 0 amide bonds. The van der Waals surface area contributed by atoms with Crippen molar-refractivity contribution in [3.05, 3.63) is 34.4 Å². The summed E-state index contributed by atoms with van der Waals surface area (Å²) in [7, 11) is 0. The van der Waals surface area contributed by atoms with Gasteiger partial charge in [0.2, 0.25) is 0 Å². The van der Waals surface area contributed by atoms with Crippen LogP contribution in [0.25, 0.3) is 0 Å². The quantitative estimate of drug-likeness (QED) is 0.490. The fourth-order valence-electron chi connectivity index (χ4n) is 1.05. The summed E-state index contributed by atoms with van der Waals surface area (Å²) in [6.07, 6.45) is -0.441. The van der Waals surface area contributed by atoms with Gasteiger partial charge in [-0.1, -0.05) is 11.6 Å². The Bertz CT molecular complexity index is 323. The van der Waals surface area contributed by atoms with Crippen LogP contribution < -0.4 is 0 Å². The van der Waals surface area contributed by atoms with E-state index in [1.54, 1.807) is 0 Å². The molecule has 0 aromatic heterocycles. The molecule has 1 aromatic rings. The molecule has 2 rings (SSSR count). The highest BCUT2D eigenvalue weighted by Gasteiger charge is 2.31. The fourth-order valence-corrected chi connectivity index (χ4v) is 1.22. The van der Waals surface area contributed by atoms with Crippen LogP contribution in [0.15, 0.2) is 12.1 Å². The fraction of sp³-hybridized carbons (Fsp3) is 0.250. The van der Waals surface area contributed by atoms with Gasteiger partial charge in [-0.05, 0) is 12.1 Å². The van der Waals surface area contributed by atoms with Gasteiger partial charge in [-0.3, -0.25) is 0 Å². The summed E-state index contributed by atoms with van der Waals surface area (Å²) in [5.74, 6) is -1.31. The standard InChI is InChI=1S/C8H5ClF2O/c9-4-1-2-5(10)7(8(4)11)6-3-12-6/h1-2,6H,3H2. The van der Waals surface area contributed by atoms with Crippen molar-refractivity contribution < 1.29 is 13.5 Å². The van der Waals surface area contributed by atoms with Crippen LogP contribution in [-0.2, 0) is 4.74 Å². The van der Waals surface area contributed by atoms with Crippen LogP contribution in [-0.4, -0.2) is 6.61 Å². The number of hydrogen-bond acceptors (Lipinski definition) is 1. The lowest BCUT2D eigenvalue weighted by Crippen LogP contribution is -1.94. The van der Waals surface area contributed by atoms with Crippen LogP contribution in [0, 0.1) is 11.6 Å². The molecule has 1 aromatic carbocycles. The highest BCUT2D eigenvalue weighted by atomic mass is 35.5. The molecule has 4 heteroatoms. The minimum Gasteiger partial charge on any atom is -0.368 e. The minimum atomic E-state index is -0.709. The number of benzene rings is 1. The van der Waals surface area contributed by atoms with Crippen LogP contribution in [0.5, 0.6) is 0 Å². The minimum absolute atomic E-state index is 0.0532. The first-order valence-electron chi connectivity index (χ1n) is 3.45. The van der Waals surface area contributed by atoms with E-state index in [2.05, 4.69) is 0 Å². The summed E-state index contributed by atoms with van der Waals surface area (Å²) in [5.41, 5.74) is -0.0532. The van der Waals surface area contributed by atoms with Gasteiger partial charge in [-0.2, -0.15) is 0 Å². The van der Waals surface area contributed by atoms with Crippen molar-refractivity contribution in [3.63, 3.8) is 0 Å². The molecule has 1 nitrogen and oxygen atoms in total. The summed E-state index contributed by atoms with van der Waals surface area (Å²) >= 11 is 5.46. The molecule has 0 spiro atoms. The zero-order chi connectivity index (χ0) is 8.72. The van der Waals surface area contributed by atoms with E-state index in [-0.39, 0.29) is 10.6 Å². The van der Waals surface area contributed by atoms with Crippen LogP contribution in [0.1, 0.15) is 11.7 Å². The normalized spacial score (nSPS) is 21.1. The molecular weight excluding hydrogens is 186 g/mol. The number of ether oxygens (including phenoxy) is 1. The van der Waals surface area contributed by atoms with E-state index in [4.69, 9.17) is 16.3 Å². The first-order valence-corrected chi connectivity index (χ1v) is 3.83. The summed E-state index contributed by atoms with van der Waals surface area (Å²) in [6, 6.07) is 2.33. The van der Waals surface area contributed by atoms with Gasteiger partial charge in [0.1, 0.15) is 11.9 Å². The van der Waals surface area contributed by atoms with E-state index in [1.807, 2.05) is 0 Å². The molecule has 1 unspecified atom stereocenters. The molecule has 0 N–H and O–H groups in total. The summed E-state index contributed by atoms with van der Waals surface area (Å²) in [5, 5.41) is -0.0677. The maximum atomic E-state index is 13.1. The van der Waals surface area contributed by atoms with Gasteiger partial charge in [-0.15, -0.1) is 0 Å². The third kappa shape index (κ3) is 1.19. The summed E-state index contributed by atoms with van der Waals surface area (Å²) in [6.45, 7) is 0.369. The van der Waals surface area contributed by atoms with Crippen molar-refractivity contribution in [2.45, 2.75) is 6.10 Å². The Hall–Kier alpha value is -0.670. The van der Waals surface area contributed by atoms with E-state index >= 15 is 0 Å². The molecule has 1 fully saturated rings. The second-order valence-electron chi connectivity index (χ2n) is 2.58. The van der Waals surface area contributed by atoms with Gasteiger partial charge in [-0.25, -0.2) is 8.78 Å². The zero-order valence-electron chi connectivity index (χ0n) is 5.98. The molecule has 1 heterocycles. The Morgan fingerprint density at radius 3 is 2.67 bits per heavy atom. The van der Waals surface area contributed by atoms with Gasteiger partial charge in [0.05, 0.1) is 17.2 Å². The molecule has 1 saturated heterocycles. The van der Waals surface area contributed by atoms with E-state index in [0.717, 1.165) is 6.07 Å². The van der Waals surface area contributed by atoms with E-state index in [9.17, 15) is 8.78 Å². The predicted octanol–water partition coefficient (Wildman–Crippen LogP) is 2.69. The van der Waals surface area contributed by atoms with Gasteiger partial charge >= 0.3 is 0 Å². The molecule has 1 aliphatic heterocycles.